The molecule has 14 heavy (non-hydrogen) atoms. The fraction of sp³-hybridized carbons (Fsp3) is 1.00. The van der Waals surface area contributed by atoms with Crippen molar-refractivity contribution in [3.05, 3.63) is 0 Å². The average Bonchev–Trinajstić information content (AvgIpc) is 2.32. The Morgan fingerprint density at radius 3 is 2.57 bits per heavy atom. The van der Waals surface area contributed by atoms with E-state index in [4.69, 9.17) is 0 Å². The van der Waals surface area contributed by atoms with Gasteiger partial charge in [-0.05, 0) is 19.8 Å². The van der Waals surface area contributed by atoms with Crippen molar-refractivity contribution >= 4 is 10.0 Å². The normalized spacial score (nSPS) is 29.9. The van der Waals surface area contributed by atoms with Crippen LogP contribution >= 0.6 is 0 Å². The third-order valence-corrected chi connectivity index (χ3v) is 4.11. The zero-order valence-electron chi connectivity index (χ0n) is 8.57. The Kier molecular flexibility index (Phi) is 4.34. The third kappa shape index (κ3) is 3.55. The molecule has 84 valence electrons. The molecule has 1 saturated carbocycles. The Balaban J connectivity index is 2.57. The van der Waals surface area contributed by atoms with Crippen LogP contribution in [0, 0.1) is 0 Å². The van der Waals surface area contributed by atoms with Crippen molar-refractivity contribution in [3.8, 4) is 0 Å². The molecule has 1 rings (SSSR count). The van der Waals surface area contributed by atoms with Gasteiger partial charge in [-0.2, -0.15) is 0 Å². The molecule has 0 aliphatic heterocycles. The van der Waals surface area contributed by atoms with Crippen LogP contribution in [-0.4, -0.2) is 31.4 Å². The lowest BCUT2D eigenvalue weighted by molar-refractivity contribution is 0.130. The molecule has 0 radical (unpaired) electrons. The van der Waals surface area contributed by atoms with Crippen molar-refractivity contribution in [2.24, 2.45) is 0 Å². The first-order chi connectivity index (χ1) is 6.55. The number of sulfonamides is 1. The summed E-state index contributed by atoms with van der Waals surface area (Å²) in [6, 6.07) is -0.276. The van der Waals surface area contributed by atoms with E-state index in [9.17, 15) is 13.5 Å². The maximum atomic E-state index is 11.3. The maximum absolute atomic E-state index is 11.3. The van der Waals surface area contributed by atoms with Crippen LogP contribution in [0.2, 0.25) is 0 Å². The number of aliphatic hydroxyl groups is 1. The summed E-state index contributed by atoms with van der Waals surface area (Å²) in [5.74, 6) is 0.0796. The molecule has 0 saturated heterocycles. The van der Waals surface area contributed by atoms with E-state index in [2.05, 4.69) is 4.72 Å². The molecular formula is C9H19NO3S. The van der Waals surface area contributed by atoms with Crippen LogP contribution < -0.4 is 4.72 Å². The van der Waals surface area contributed by atoms with Gasteiger partial charge in [-0.3, -0.25) is 0 Å². The number of aliphatic hydroxyl groups excluding tert-OH is 1. The largest absolute Gasteiger partial charge is 0.391 e. The van der Waals surface area contributed by atoms with Crippen LogP contribution in [0.4, 0.5) is 0 Å². The van der Waals surface area contributed by atoms with Gasteiger partial charge in [0.1, 0.15) is 0 Å². The standard InChI is InChI=1S/C9H19NO3S/c1-2-14(12,13)10-8-6-4-3-5-7-9(8)11/h8-11H,2-7H2,1H3. The van der Waals surface area contributed by atoms with Gasteiger partial charge in [0.15, 0.2) is 0 Å². The molecule has 5 heteroatoms. The summed E-state index contributed by atoms with van der Waals surface area (Å²) in [6.07, 6.45) is 4.01. The zero-order valence-corrected chi connectivity index (χ0v) is 9.39. The molecular weight excluding hydrogens is 202 g/mol. The van der Waals surface area contributed by atoms with Gasteiger partial charge < -0.3 is 5.11 Å². The second-order valence-electron chi connectivity index (χ2n) is 3.83. The van der Waals surface area contributed by atoms with Gasteiger partial charge in [-0.1, -0.05) is 19.3 Å². The SMILES string of the molecule is CCS(=O)(=O)NC1CCCCCC1O. The Hall–Kier alpha value is -0.130. The molecule has 1 aliphatic rings. The highest BCUT2D eigenvalue weighted by Gasteiger charge is 2.24. The van der Waals surface area contributed by atoms with Crippen LogP contribution in [-0.2, 0) is 10.0 Å². The van der Waals surface area contributed by atoms with E-state index in [1.54, 1.807) is 6.92 Å². The first kappa shape index (κ1) is 11.9. The van der Waals surface area contributed by atoms with Crippen molar-refractivity contribution < 1.29 is 13.5 Å². The zero-order chi connectivity index (χ0) is 10.6. The van der Waals surface area contributed by atoms with Crippen molar-refractivity contribution in [3.63, 3.8) is 0 Å². The summed E-state index contributed by atoms with van der Waals surface area (Å²) in [7, 11) is -3.18. The molecule has 0 aromatic carbocycles. The minimum Gasteiger partial charge on any atom is -0.391 e. The maximum Gasteiger partial charge on any atom is 0.211 e. The topological polar surface area (TPSA) is 66.4 Å². The van der Waals surface area contributed by atoms with Gasteiger partial charge in [-0.25, -0.2) is 13.1 Å². The smallest absolute Gasteiger partial charge is 0.211 e. The molecule has 0 spiro atoms. The van der Waals surface area contributed by atoms with Gasteiger partial charge in [0, 0.05) is 6.04 Å². The van der Waals surface area contributed by atoms with Crippen LogP contribution in [0.5, 0.6) is 0 Å². The summed E-state index contributed by atoms with van der Waals surface area (Å²) in [5.41, 5.74) is 0. The first-order valence-electron chi connectivity index (χ1n) is 5.23. The lowest BCUT2D eigenvalue weighted by atomic mass is 10.1. The molecule has 0 aromatic heterocycles. The molecule has 0 amide bonds. The highest BCUT2D eigenvalue weighted by molar-refractivity contribution is 7.89. The van der Waals surface area contributed by atoms with Crippen molar-refractivity contribution in [1.82, 2.24) is 4.72 Å². The molecule has 1 aliphatic carbocycles. The van der Waals surface area contributed by atoms with E-state index >= 15 is 0 Å². The molecule has 1 fully saturated rings. The van der Waals surface area contributed by atoms with E-state index in [1.165, 1.54) is 0 Å². The van der Waals surface area contributed by atoms with Gasteiger partial charge in [0.05, 0.1) is 11.9 Å². The third-order valence-electron chi connectivity index (χ3n) is 2.69. The molecule has 0 bridgehead atoms. The number of nitrogens with one attached hydrogen (secondary N) is 1. The number of hydrogen-bond acceptors (Lipinski definition) is 3. The second kappa shape index (κ2) is 5.09. The van der Waals surface area contributed by atoms with Crippen LogP contribution in [0.3, 0.4) is 0 Å². The molecule has 0 heterocycles. The van der Waals surface area contributed by atoms with E-state index in [0.29, 0.717) is 6.42 Å². The van der Waals surface area contributed by atoms with E-state index in [0.717, 1.165) is 25.7 Å². The lowest BCUT2D eigenvalue weighted by Gasteiger charge is -2.21. The Bertz CT molecular complexity index is 263. The minimum absolute atomic E-state index is 0.0796. The number of hydrogen-bond donors (Lipinski definition) is 2. The number of rotatable bonds is 3. The van der Waals surface area contributed by atoms with Crippen LogP contribution in [0.25, 0.3) is 0 Å². The molecule has 4 nitrogen and oxygen atoms in total. The van der Waals surface area contributed by atoms with Gasteiger partial charge in [0.2, 0.25) is 10.0 Å². The van der Waals surface area contributed by atoms with E-state index in [1.807, 2.05) is 0 Å². The van der Waals surface area contributed by atoms with Crippen molar-refractivity contribution in [2.45, 2.75) is 51.2 Å². The van der Waals surface area contributed by atoms with Crippen LogP contribution in [0.1, 0.15) is 39.0 Å². The van der Waals surface area contributed by atoms with Gasteiger partial charge >= 0.3 is 0 Å². The summed E-state index contributed by atoms with van der Waals surface area (Å²) < 4.78 is 25.2. The average molecular weight is 221 g/mol. The fourth-order valence-electron chi connectivity index (χ4n) is 1.74. The minimum atomic E-state index is -3.18. The van der Waals surface area contributed by atoms with E-state index in [-0.39, 0.29) is 11.8 Å². The first-order valence-corrected chi connectivity index (χ1v) is 6.88. The van der Waals surface area contributed by atoms with E-state index < -0.39 is 16.1 Å². The molecule has 2 unspecified atom stereocenters. The summed E-state index contributed by atoms with van der Waals surface area (Å²) >= 11 is 0. The predicted octanol–water partition coefficient (Wildman–Crippen LogP) is 0.619. The molecule has 0 aromatic rings. The highest BCUT2D eigenvalue weighted by Crippen LogP contribution is 2.18. The molecule has 2 N–H and O–H groups in total. The fourth-order valence-corrected chi connectivity index (χ4v) is 2.64. The quantitative estimate of drug-likeness (QED) is 0.687. The lowest BCUT2D eigenvalue weighted by Crippen LogP contribution is -2.43. The summed E-state index contributed by atoms with van der Waals surface area (Å²) in [4.78, 5) is 0. The Morgan fingerprint density at radius 1 is 1.29 bits per heavy atom. The predicted molar refractivity (Wildman–Crippen MR) is 55.5 cm³/mol. The monoisotopic (exact) mass is 221 g/mol. The molecule has 2 atom stereocenters. The van der Waals surface area contributed by atoms with Gasteiger partial charge in [0.25, 0.3) is 0 Å². The Labute approximate surface area is 85.8 Å². The summed E-state index contributed by atoms with van der Waals surface area (Å²) in [5, 5.41) is 9.68. The second-order valence-corrected chi connectivity index (χ2v) is 5.88. The van der Waals surface area contributed by atoms with Crippen LogP contribution in [0.15, 0.2) is 0 Å². The van der Waals surface area contributed by atoms with Crippen molar-refractivity contribution in [2.75, 3.05) is 5.75 Å². The Morgan fingerprint density at radius 2 is 1.93 bits per heavy atom. The highest BCUT2D eigenvalue weighted by atomic mass is 32.2. The van der Waals surface area contributed by atoms with Gasteiger partial charge in [-0.15, -0.1) is 0 Å². The summed E-state index contributed by atoms with van der Waals surface area (Å²) in [6.45, 7) is 1.60. The van der Waals surface area contributed by atoms with Crippen molar-refractivity contribution in [1.29, 1.82) is 0 Å².